The summed E-state index contributed by atoms with van der Waals surface area (Å²) in [4.78, 5) is 12.2. The van der Waals surface area contributed by atoms with Gasteiger partial charge in [-0.1, -0.05) is 29.8 Å². The molecule has 4 heteroatoms. The van der Waals surface area contributed by atoms with Gasteiger partial charge in [0.2, 0.25) is 0 Å². The van der Waals surface area contributed by atoms with Crippen molar-refractivity contribution in [2.75, 3.05) is 12.8 Å². The van der Waals surface area contributed by atoms with Crippen molar-refractivity contribution in [3.05, 3.63) is 59.2 Å². The maximum atomic E-state index is 12.2. The van der Waals surface area contributed by atoms with Crippen LogP contribution in [0, 0.1) is 6.92 Å². The quantitative estimate of drug-likeness (QED) is 0.848. The molecule has 1 atom stereocenters. The van der Waals surface area contributed by atoms with Gasteiger partial charge < -0.3 is 15.8 Å². The fourth-order valence-electron chi connectivity index (χ4n) is 2.09. The van der Waals surface area contributed by atoms with E-state index in [1.807, 2.05) is 38.1 Å². The van der Waals surface area contributed by atoms with Crippen molar-refractivity contribution in [2.24, 2.45) is 0 Å². The third kappa shape index (κ3) is 3.54. The zero-order valence-corrected chi connectivity index (χ0v) is 12.5. The molecule has 0 heterocycles. The van der Waals surface area contributed by atoms with Crippen LogP contribution in [0.4, 0.5) is 5.69 Å². The lowest BCUT2D eigenvalue weighted by Gasteiger charge is -2.15. The van der Waals surface area contributed by atoms with Crippen LogP contribution in [0.3, 0.4) is 0 Å². The van der Waals surface area contributed by atoms with E-state index in [1.165, 1.54) is 5.56 Å². The average Bonchev–Trinajstić information content (AvgIpc) is 2.47. The fourth-order valence-corrected chi connectivity index (χ4v) is 2.09. The lowest BCUT2D eigenvalue weighted by atomic mass is 10.1. The van der Waals surface area contributed by atoms with Crippen LogP contribution in [0.2, 0.25) is 0 Å². The van der Waals surface area contributed by atoms with Crippen LogP contribution in [-0.2, 0) is 0 Å². The zero-order chi connectivity index (χ0) is 15.4. The number of carbonyl (C=O) groups excluding carboxylic acids is 1. The number of carbonyl (C=O) groups is 1. The monoisotopic (exact) mass is 284 g/mol. The number of anilines is 1. The Labute approximate surface area is 124 Å². The molecule has 3 N–H and O–H groups in total. The normalized spacial score (nSPS) is 11.8. The van der Waals surface area contributed by atoms with Gasteiger partial charge in [-0.25, -0.2) is 0 Å². The fraction of sp³-hybridized carbons (Fsp3) is 0.235. The van der Waals surface area contributed by atoms with Crippen molar-refractivity contribution in [1.29, 1.82) is 0 Å². The van der Waals surface area contributed by atoms with E-state index in [-0.39, 0.29) is 11.9 Å². The second-order valence-electron chi connectivity index (χ2n) is 5.06. The maximum absolute atomic E-state index is 12.2. The molecule has 4 nitrogen and oxygen atoms in total. The first-order valence-corrected chi connectivity index (χ1v) is 6.82. The standard InChI is InChI=1S/C17H20N2O2/c1-11-4-6-13(7-5-11)12(2)19-17(20)14-8-9-16(21-3)15(18)10-14/h4-10,12H,18H2,1-3H3,(H,19,20). The molecule has 0 aliphatic carbocycles. The van der Waals surface area contributed by atoms with Crippen LogP contribution in [-0.4, -0.2) is 13.0 Å². The molecule has 0 fully saturated rings. The SMILES string of the molecule is COc1ccc(C(=O)NC(C)c2ccc(C)cc2)cc1N. The van der Waals surface area contributed by atoms with E-state index >= 15 is 0 Å². The van der Waals surface area contributed by atoms with Crippen LogP contribution in [0.25, 0.3) is 0 Å². The summed E-state index contributed by atoms with van der Waals surface area (Å²) in [7, 11) is 1.55. The molecule has 1 amide bonds. The first-order chi connectivity index (χ1) is 10.0. The lowest BCUT2D eigenvalue weighted by Crippen LogP contribution is -2.26. The molecule has 0 bridgehead atoms. The molecule has 2 rings (SSSR count). The van der Waals surface area contributed by atoms with E-state index < -0.39 is 0 Å². The summed E-state index contributed by atoms with van der Waals surface area (Å²) in [5.41, 5.74) is 9.06. The highest BCUT2D eigenvalue weighted by molar-refractivity contribution is 5.95. The number of nitrogen functional groups attached to an aromatic ring is 1. The number of hydrogen-bond donors (Lipinski definition) is 2. The Morgan fingerprint density at radius 1 is 1.19 bits per heavy atom. The van der Waals surface area contributed by atoms with Crippen LogP contribution in [0.15, 0.2) is 42.5 Å². The molecule has 21 heavy (non-hydrogen) atoms. The predicted octanol–water partition coefficient (Wildman–Crippen LogP) is 3.08. The van der Waals surface area contributed by atoms with Crippen molar-refractivity contribution >= 4 is 11.6 Å². The Balaban J connectivity index is 2.10. The van der Waals surface area contributed by atoms with E-state index in [4.69, 9.17) is 10.5 Å². The summed E-state index contributed by atoms with van der Waals surface area (Å²) in [5, 5.41) is 2.96. The van der Waals surface area contributed by atoms with Crippen LogP contribution >= 0.6 is 0 Å². The maximum Gasteiger partial charge on any atom is 0.251 e. The van der Waals surface area contributed by atoms with Gasteiger partial charge in [-0.3, -0.25) is 4.79 Å². The van der Waals surface area contributed by atoms with Crippen LogP contribution < -0.4 is 15.8 Å². The smallest absolute Gasteiger partial charge is 0.251 e. The number of ether oxygens (including phenoxy) is 1. The Kier molecular flexibility index (Phi) is 4.48. The van der Waals surface area contributed by atoms with Crippen molar-refractivity contribution < 1.29 is 9.53 Å². The lowest BCUT2D eigenvalue weighted by molar-refractivity contribution is 0.0940. The minimum atomic E-state index is -0.155. The van der Waals surface area contributed by atoms with Gasteiger partial charge in [0.15, 0.2) is 0 Å². The van der Waals surface area contributed by atoms with Gasteiger partial charge in [0.05, 0.1) is 18.8 Å². The molecule has 0 saturated carbocycles. The van der Waals surface area contributed by atoms with Gasteiger partial charge >= 0.3 is 0 Å². The highest BCUT2D eigenvalue weighted by Gasteiger charge is 2.12. The summed E-state index contributed by atoms with van der Waals surface area (Å²) in [6.45, 7) is 3.99. The predicted molar refractivity (Wildman–Crippen MR) is 84.5 cm³/mol. The number of rotatable bonds is 4. The number of hydrogen-bond acceptors (Lipinski definition) is 3. The molecular formula is C17H20N2O2. The van der Waals surface area contributed by atoms with Crippen molar-refractivity contribution in [1.82, 2.24) is 5.32 Å². The van der Waals surface area contributed by atoms with Crippen molar-refractivity contribution in [2.45, 2.75) is 19.9 Å². The van der Waals surface area contributed by atoms with E-state index in [2.05, 4.69) is 5.32 Å². The minimum Gasteiger partial charge on any atom is -0.495 e. The highest BCUT2D eigenvalue weighted by Crippen LogP contribution is 2.22. The molecule has 0 aliphatic rings. The number of benzene rings is 2. The molecule has 0 saturated heterocycles. The Hall–Kier alpha value is -2.49. The van der Waals surface area contributed by atoms with Gasteiger partial charge in [-0.05, 0) is 37.6 Å². The number of methoxy groups -OCH3 is 1. The summed E-state index contributed by atoms with van der Waals surface area (Å²) < 4.78 is 5.08. The molecule has 1 unspecified atom stereocenters. The second kappa shape index (κ2) is 6.31. The molecule has 2 aromatic carbocycles. The van der Waals surface area contributed by atoms with E-state index in [0.717, 1.165) is 5.56 Å². The number of nitrogens with one attached hydrogen (secondary N) is 1. The van der Waals surface area contributed by atoms with Gasteiger partial charge in [0, 0.05) is 5.56 Å². The molecular weight excluding hydrogens is 264 g/mol. The largest absolute Gasteiger partial charge is 0.495 e. The average molecular weight is 284 g/mol. The van der Waals surface area contributed by atoms with Crippen molar-refractivity contribution in [3.8, 4) is 5.75 Å². The molecule has 110 valence electrons. The number of aryl methyl sites for hydroxylation is 1. The van der Waals surface area contributed by atoms with E-state index in [1.54, 1.807) is 25.3 Å². The third-order valence-electron chi connectivity index (χ3n) is 3.42. The Morgan fingerprint density at radius 3 is 2.43 bits per heavy atom. The number of amides is 1. The zero-order valence-electron chi connectivity index (χ0n) is 12.5. The minimum absolute atomic E-state index is 0.0681. The Bertz CT molecular complexity index is 636. The summed E-state index contributed by atoms with van der Waals surface area (Å²) >= 11 is 0. The van der Waals surface area contributed by atoms with Crippen LogP contribution in [0.5, 0.6) is 5.75 Å². The van der Waals surface area contributed by atoms with Crippen molar-refractivity contribution in [3.63, 3.8) is 0 Å². The molecule has 0 aromatic heterocycles. The van der Waals surface area contributed by atoms with Gasteiger partial charge in [-0.2, -0.15) is 0 Å². The number of nitrogens with two attached hydrogens (primary N) is 1. The highest BCUT2D eigenvalue weighted by atomic mass is 16.5. The summed E-state index contributed by atoms with van der Waals surface area (Å²) in [5.74, 6) is 0.413. The van der Waals surface area contributed by atoms with E-state index in [0.29, 0.717) is 17.0 Å². The molecule has 0 spiro atoms. The van der Waals surface area contributed by atoms with E-state index in [9.17, 15) is 4.79 Å². The molecule has 0 radical (unpaired) electrons. The summed E-state index contributed by atoms with van der Waals surface area (Å²) in [6, 6.07) is 13.0. The summed E-state index contributed by atoms with van der Waals surface area (Å²) in [6.07, 6.45) is 0. The van der Waals surface area contributed by atoms with Gasteiger partial charge in [-0.15, -0.1) is 0 Å². The Morgan fingerprint density at radius 2 is 1.86 bits per heavy atom. The molecule has 2 aromatic rings. The first kappa shape index (κ1) is 14.9. The third-order valence-corrected chi connectivity index (χ3v) is 3.42. The molecule has 0 aliphatic heterocycles. The van der Waals surface area contributed by atoms with Crippen LogP contribution in [0.1, 0.15) is 34.5 Å². The first-order valence-electron chi connectivity index (χ1n) is 6.82. The van der Waals surface area contributed by atoms with Gasteiger partial charge in [0.1, 0.15) is 5.75 Å². The topological polar surface area (TPSA) is 64.3 Å². The second-order valence-corrected chi connectivity index (χ2v) is 5.06. The van der Waals surface area contributed by atoms with Gasteiger partial charge in [0.25, 0.3) is 5.91 Å².